The summed E-state index contributed by atoms with van der Waals surface area (Å²) in [5.74, 6) is -0.763. The average Bonchev–Trinajstić information content (AvgIpc) is 3.14. The first-order valence-corrected chi connectivity index (χ1v) is 11.5. The van der Waals surface area contributed by atoms with E-state index in [2.05, 4.69) is 9.97 Å². The molecule has 2 heterocycles. The van der Waals surface area contributed by atoms with E-state index in [1.54, 1.807) is 20.8 Å². The number of hydrogen-bond acceptors (Lipinski definition) is 6. The molecule has 1 atom stereocenters. The van der Waals surface area contributed by atoms with E-state index in [0.717, 1.165) is 35.0 Å². The molecule has 0 bridgehead atoms. The fraction of sp³-hybridized carbons (Fsp3) is 0.381. The van der Waals surface area contributed by atoms with Gasteiger partial charge in [0.05, 0.1) is 6.20 Å². The zero-order chi connectivity index (χ0) is 25.5. The maximum absolute atomic E-state index is 14.0. The van der Waals surface area contributed by atoms with Gasteiger partial charge in [-0.15, -0.1) is 0 Å². The Bertz CT molecular complexity index is 1300. The lowest BCUT2D eigenvalue weighted by atomic mass is 10.1. The molecule has 1 aromatic carbocycles. The number of hydrogen-bond donors (Lipinski definition) is 0. The van der Waals surface area contributed by atoms with E-state index in [9.17, 15) is 30.8 Å². The monoisotopic (exact) mass is 502 g/mol. The number of sulfonamides is 1. The van der Waals surface area contributed by atoms with Gasteiger partial charge in [0.25, 0.3) is 10.0 Å². The Kier molecular flexibility index (Phi) is 6.73. The molecule has 0 aliphatic carbocycles. The highest BCUT2D eigenvalue weighted by molar-refractivity contribution is 7.89. The molecule has 0 saturated carbocycles. The molecular formula is C21H22F4N4O4S. The van der Waals surface area contributed by atoms with E-state index >= 15 is 0 Å². The second kappa shape index (κ2) is 8.95. The second-order valence-corrected chi connectivity index (χ2v) is 10.1. The predicted octanol–water partition coefficient (Wildman–Crippen LogP) is 4.67. The number of ether oxygens (including phenoxy) is 1. The maximum atomic E-state index is 14.0. The zero-order valence-corrected chi connectivity index (χ0v) is 19.5. The smallest absolute Gasteiger partial charge is 0.420 e. The van der Waals surface area contributed by atoms with E-state index in [-0.39, 0.29) is 15.5 Å². The van der Waals surface area contributed by atoms with Gasteiger partial charge >= 0.3 is 12.3 Å². The lowest BCUT2D eigenvalue weighted by Crippen LogP contribution is -2.42. The quantitative estimate of drug-likeness (QED) is 0.471. The van der Waals surface area contributed by atoms with Crippen LogP contribution in [0.2, 0.25) is 0 Å². The van der Waals surface area contributed by atoms with Crippen molar-refractivity contribution in [1.29, 1.82) is 0 Å². The van der Waals surface area contributed by atoms with Crippen LogP contribution < -0.4 is 0 Å². The first-order valence-electron chi connectivity index (χ1n) is 10.1. The number of alkyl halides is 3. The molecule has 0 aliphatic heterocycles. The molecule has 2 aromatic heterocycles. The standard InChI is InChI=1S/C21H22F4N4O4S/c1-5-29(17(21(23,24)25)13-6-8-14(22)9-7-13)34(31,32)16-12-26-18-15(27-16)10-11-28(18)19(30)33-20(2,3)4/h6-12,17H,5H2,1-4H3/t17-/m1/s1. The highest BCUT2D eigenvalue weighted by Crippen LogP contribution is 2.40. The molecule has 0 fully saturated rings. The fourth-order valence-electron chi connectivity index (χ4n) is 3.25. The summed E-state index contributed by atoms with van der Waals surface area (Å²) in [5, 5.41) is -0.736. The van der Waals surface area contributed by atoms with Crippen molar-refractivity contribution in [1.82, 2.24) is 18.8 Å². The number of aromatic nitrogens is 3. The lowest BCUT2D eigenvalue weighted by molar-refractivity contribution is -0.173. The number of fused-ring (bicyclic) bond motifs is 1. The minimum atomic E-state index is -5.00. The number of carbonyl (C=O) groups excluding carboxylic acids is 1. The van der Waals surface area contributed by atoms with Crippen molar-refractivity contribution in [3.8, 4) is 0 Å². The number of carbonyl (C=O) groups is 1. The van der Waals surface area contributed by atoms with Crippen LogP contribution in [-0.4, -0.2) is 51.7 Å². The van der Waals surface area contributed by atoms with E-state index in [1.807, 2.05) is 0 Å². The third-order valence-corrected chi connectivity index (χ3v) is 6.44. The Hall–Kier alpha value is -3.06. The summed E-state index contributed by atoms with van der Waals surface area (Å²) in [5.41, 5.74) is -1.32. The van der Waals surface area contributed by atoms with Crippen molar-refractivity contribution in [2.45, 2.75) is 50.5 Å². The number of nitrogens with zero attached hydrogens (tertiary/aromatic N) is 4. The summed E-state index contributed by atoms with van der Waals surface area (Å²) in [6, 6.07) is 2.11. The maximum Gasteiger partial charge on any atom is 0.420 e. The van der Waals surface area contributed by atoms with Gasteiger partial charge in [0.15, 0.2) is 10.7 Å². The Balaban J connectivity index is 2.05. The fourth-order valence-corrected chi connectivity index (χ4v) is 4.75. The molecule has 0 spiro atoms. The van der Waals surface area contributed by atoms with Gasteiger partial charge in [0.2, 0.25) is 0 Å². The molecule has 0 saturated heterocycles. The van der Waals surface area contributed by atoms with Crippen molar-refractivity contribution in [3.63, 3.8) is 0 Å². The number of rotatable bonds is 5. The molecule has 0 radical (unpaired) electrons. The topological polar surface area (TPSA) is 94.4 Å². The van der Waals surface area contributed by atoms with E-state index in [1.165, 1.54) is 19.2 Å². The van der Waals surface area contributed by atoms with E-state index in [4.69, 9.17) is 4.74 Å². The van der Waals surface area contributed by atoms with Crippen LogP contribution in [-0.2, 0) is 14.8 Å². The molecule has 0 aliphatic rings. The van der Waals surface area contributed by atoms with Crippen LogP contribution in [0.25, 0.3) is 11.2 Å². The summed E-state index contributed by atoms with van der Waals surface area (Å²) >= 11 is 0. The molecule has 0 unspecified atom stereocenters. The summed E-state index contributed by atoms with van der Waals surface area (Å²) in [7, 11) is -4.80. The summed E-state index contributed by atoms with van der Waals surface area (Å²) in [6.07, 6.45) is -3.74. The Morgan fingerprint density at radius 3 is 2.29 bits per heavy atom. The normalized spacial score (nSPS) is 13.9. The second-order valence-electron chi connectivity index (χ2n) is 8.29. The molecule has 13 heteroatoms. The van der Waals surface area contributed by atoms with Crippen molar-refractivity contribution in [2.24, 2.45) is 0 Å². The predicted molar refractivity (Wildman–Crippen MR) is 114 cm³/mol. The van der Waals surface area contributed by atoms with Crippen LogP contribution in [0.5, 0.6) is 0 Å². The van der Waals surface area contributed by atoms with Crippen LogP contribution in [0.4, 0.5) is 22.4 Å². The van der Waals surface area contributed by atoms with Crippen molar-refractivity contribution >= 4 is 27.3 Å². The van der Waals surface area contributed by atoms with Gasteiger partial charge < -0.3 is 4.74 Å². The Morgan fingerprint density at radius 2 is 1.76 bits per heavy atom. The van der Waals surface area contributed by atoms with E-state index < -0.39 is 56.9 Å². The molecule has 3 rings (SSSR count). The zero-order valence-electron chi connectivity index (χ0n) is 18.7. The molecule has 184 valence electrons. The highest BCUT2D eigenvalue weighted by Gasteiger charge is 2.49. The average molecular weight is 502 g/mol. The van der Waals surface area contributed by atoms with Crippen molar-refractivity contribution in [3.05, 3.63) is 54.1 Å². The van der Waals surface area contributed by atoms with Gasteiger partial charge in [0, 0.05) is 12.7 Å². The van der Waals surface area contributed by atoms with Crippen LogP contribution >= 0.6 is 0 Å². The molecule has 34 heavy (non-hydrogen) atoms. The molecule has 8 nitrogen and oxygen atoms in total. The third kappa shape index (κ3) is 5.20. The molecule has 0 amide bonds. The first kappa shape index (κ1) is 25.6. The molecular weight excluding hydrogens is 480 g/mol. The van der Waals surface area contributed by atoms with Crippen LogP contribution in [0.1, 0.15) is 39.3 Å². The molecule has 3 aromatic rings. The summed E-state index contributed by atoms with van der Waals surface area (Å²) in [6.45, 7) is 5.66. The largest absolute Gasteiger partial charge is 0.443 e. The van der Waals surface area contributed by atoms with Crippen molar-refractivity contribution in [2.75, 3.05) is 6.54 Å². The minimum Gasteiger partial charge on any atom is -0.443 e. The van der Waals surface area contributed by atoms with Gasteiger partial charge in [-0.3, -0.25) is 0 Å². The number of halogens is 4. The first-order chi connectivity index (χ1) is 15.6. The van der Waals surface area contributed by atoms with Crippen LogP contribution in [0.3, 0.4) is 0 Å². The van der Waals surface area contributed by atoms with Gasteiger partial charge in [0.1, 0.15) is 23.0 Å². The minimum absolute atomic E-state index is 0.0258. The third-order valence-electron chi connectivity index (χ3n) is 4.63. The van der Waals surface area contributed by atoms with Gasteiger partial charge in [-0.25, -0.2) is 32.1 Å². The van der Waals surface area contributed by atoms with Gasteiger partial charge in [-0.1, -0.05) is 19.1 Å². The van der Waals surface area contributed by atoms with E-state index in [0.29, 0.717) is 0 Å². The summed E-state index contributed by atoms with van der Waals surface area (Å²) in [4.78, 5) is 20.2. The lowest BCUT2D eigenvalue weighted by Gasteiger charge is -2.31. The Morgan fingerprint density at radius 1 is 1.15 bits per heavy atom. The van der Waals surface area contributed by atoms with Gasteiger partial charge in [-0.2, -0.15) is 17.5 Å². The molecule has 0 N–H and O–H groups in total. The number of benzene rings is 1. The SMILES string of the molecule is CCN([C@H](c1ccc(F)cc1)C(F)(F)F)S(=O)(=O)c1cnc2c(ccn2C(=O)OC(C)(C)C)n1. The highest BCUT2D eigenvalue weighted by atomic mass is 32.2. The Labute approximate surface area is 193 Å². The van der Waals surface area contributed by atoms with Crippen LogP contribution in [0.15, 0.2) is 47.8 Å². The van der Waals surface area contributed by atoms with Gasteiger partial charge in [-0.05, 0) is 44.5 Å². The van der Waals surface area contributed by atoms with Crippen LogP contribution in [0, 0.1) is 5.82 Å². The summed E-state index contributed by atoms with van der Waals surface area (Å²) < 4.78 is 88.1. The van der Waals surface area contributed by atoms with Crippen molar-refractivity contribution < 1.29 is 35.5 Å².